The number of halogens is 1. The fourth-order valence-corrected chi connectivity index (χ4v) is 1.54. The fourth-order valence-electron chi connectivity index (χ4n) is 0.953. The third-order valence-electron chi connectivity index (χ3n) is 1.69. The number of hydrogen-bond donors (Lipinski definition) is 0. The lowest BCUT2D eigenvalue weighted by Crippen LogP contribution is -1.88. The van der Waals surface area contributed by atoms with Crippen molar-refractivity contribution in [1.82, 2.24) is 9.97 Å². The predicted octanol–water partition coefficient (Wildman–Crippen LogP) is 3.57. The van der Waals surface area contributed by atoms with Crippen LogP contribution in [0.2, 0.25) is 5.15 Å². The molecule has 1 aromatic rings. The van der Waals surface area contributed by atoms with Gasteiger partial charge in [-0.2, -0.15) is 0 Å². The fraction of sp³-hybridized carbons (Fsp3) is 0.333. The molecule has 0 aliphatic rings. The Bertz CT molecular complexity index is 428. The van der Waals surface area contributed by atoms with Gasteiger partial charge in [-0.15, -0.1) is 0 Å². The molecule has 0 spiro atoms. The van der Waals surface area contributed by atoms with Crippen LogP contribution in [-0.4, -0.2) is 22.8 Å². The third-order valence-corrected chi connectivity index (χ3v) is 2.55. The Morgan fingerprint density at radius 1 is 1.69 bits per heavy atom. The zero-order chi connectivity index (χ0) is 11.8. The molecule has 0 aliphatic heterocycles. The van der Waals surface area contributed by atoms with Gasteiger partial charge in [0, 0.05) is 23.2 Å². The largest absolute Gasteiger partial charge is 0.230 e. The highest BCUT2D eigenvalue weighted by atomic mass is 35.5. The van der Waals surface area contributed by atoms with Crippen molar-refractivity contribution in [2.24, 2.45) is 5.11 Å². The first kappa shape index (κ1) is 12.8. The molecule has 1 rings (SSSR count). The van der Waals surface area contributed by atoms with Crippen molar-refractivity contribution >= 4 is 29.4 Å². The average molecular weight is 256 g/mol. The molecule has 0 saturated carbocycles. The summed E-state index contributed by atoms with van der Waals surface area (Å²) in [5.74, 6) is 0. The molecule has 1 aromatic heterocycles. The van der Waals surface area contributed by atoms with Gasteiger partial charge in [-0.3, -0.25) is 0 Å². The molecule has 5 nitrogen and oxygen atoms in total. The van der Waals surface area contributed by atoms with Gasteiger partial charge < -0.3 is 0 Å². The smallest absolute Gasteiger partial charge is 0.188 e. The van der Waals surface area contributed by atoms with Crippen molar-refractivity contribution in [3.05, 3.63) is 33.4 Å². The van der Waals surface area contributed by atoms with E-state index in [0.717, 1.165) is 5.56 Å². The van der Waals surface area contributed by atoms with Gasteiger partial charge in [0.2, 0.25) is 0 Å². The van der Waals surface area contributed by atoms with Gasteiger partial charge in [-0.05, 0) is 18.2 Å². The van der Waals surface area contributed by atoms with E-state index in [4.69, 9.17) is 17.1 Å². The quantitative estimate of drug-likeness (QED) is 0.154. The number of nitrogens with zero attached hydrogens (tertiary/aromatic N) is 5. The molecule has 0 saturated heterocycles. The molecular weight excluding hydrogens is 246 g/mol. The van der Waals surface area contributed by atoms with Crippen LogP contribution in [0, 0.1) is 0 Å². The predicted molar refractivity (Wildman–Crippen MR) is 66.5 cm³/mol. The van der Waals surface area contributed by atoms with Gasteiger partial charge in [-0.1, -0.05) is 40.6 Å². The average Bonchev–Trinajstić information content (AvgIpc) is 2.30. The van der Waals surface area contributed by atoms with E-state index in [9.17, 15) is 0 Å². The Kier molecular flexibility index (Phi) is 5.71. The summed E-state index contributed by atoms with van der Waals surface area (Å²) in [6.07, 6.45) is 7.92. The van der Waals surface area contributed by atoms with Crippen LogP contribution in [0.4, 0.5) is 0 Å². The molecule has 7 heteroatoms. The summed E-state index contributed by atoms with van der Waals surface area (Å²) in [5.41, 5.74) is 8.84. The number of hydrogen-bond acceptors (Lipinski definition) is 4. The molecule has 84 valence electrons. The molecule has 0 unspecified atom stereocenters. The van der Waals surface area contributed by atoms with E-state index in [2.05, 4.69) is 20.0 Å². The van der Waals surface area contributed by atoms with Crippen molar-refractivity contribution in [1.29, 1.82) is 0 Å². The Labute approximate surface area is 103 Å². The maximum absolute atomic E-state index is 8.08. The monoisotopic (exact) mass is 255 g/mol. The highest BCUT2D eigenvalue weighted by Crippen LogP contribution is 2.17. The zero-order valence-electron chi connectivity index (χ0n) is 8.67. The molecule has 1 heterocycles. The number of aromatic nitrogens is 2. The molecule has 0 aliphatic carbocycles. The SMILES string of the molecule is CSc1ncc(C=CCCN=[N+]=[N-])c(Cl)n1. The van der Waals surface area contributed by atoms with Crippen molar-refractivity contribution in [2.75, 3.05) is 12.8 Å². The van der Waals surface area contributed by atoms with Gasteiger partial charge >= 0.3 is 0 Å². The van der Waals surface area contributed by atoms with Crippen LogP contribution in [-0.2, 0) is 0 Å². The van der Waals surface area contributed by atoms with E-state index >= 15 is 0 Å². The minimum absolute atomic E-state index is 0.430. The Morgan fingerprint density at radius 2 is 2.50 bits per heavy atom. The summed E-state index contributed by atoms with van der Waals surface area (Å²) in [5, 5.41) is 4.49. The van der Waals surface area contributed by atoms with Crippen LogP contribution in [0.5, 0.6) is 0 Å². The Hall–Kier alpha value is -1.23. The van der Waals surface area contributed by atoms with E-state index in [0.29, 0.717) is 23.3 Å². The summed E-state index contributed by atoms with van der Waals surface area (Å²) in [6.45, 7) is 0.439. The van der Waals surface area contributed by atoms with Crippen LogP contribution < -0.4 is 0 Å². The first-order valence-electron chi connectivity index (χ1n) is 4.52. The number of azide groups is 1. The molecule has 0 aromatic carbocycles. The first-order chi connectivity index (χ1) is 7.77. The number of thioether (sulfide) groups is 1. The standard InChI is InChI=1S/C9H10ClN5S/c1-16-9-12-6-7(8(10)14-9)4-2-3-5-13-15-11/h2,4,6H,3,5H2,1H3. The van der Waals surface area contributed by atoms with E-state index in [1.54, 1.807) is 6.20 Å². The summed E-state index contributed by atoms with van der Waals surface area (Å²) in [4.78, 5) is 10.9. The molecule has 0 fully saturated rings. The molecule has 0 amide bonds. The van der Waals surface area contributed by atoms with Crippen molar-refractivity contribution < 1.29 is 0 Å². The van der Waals surface area contributed by atoms with Gasteiger partial charge in [0.1, 0.15) is 5.15 Å². The third kappa shape index (κ3) is 4.10. The highest BCUT2D eigenvalue weighted by Gasteiger charge is 2.00. The van der Waals surface area contributed by atoms with Gasteiger partial charge in [0.25, 0.3) is 0 Å². The lowest BCUT2D eigenvalue weighted by molar-refractivity contribution is 0.964. The maximum Gasteiger partial charge on any atom is 0.188 e. The normalized spacial score (nSPS) is 10.4. The van der Waals surface area contributed by atoms with Gasteiger partial charge in [-0.25, -0.2) is 9.97 Å². The van der Waals surface area contributed by atoms with Crippen LogP contribution in [0.1, 0.15) is 12.0 Å². The topological polar surface area (TPSA) is 74.5 Å². The van der Waals surface area contributed by atoms with E-state index in [1.165, 1.54) is 11.8 Å². The first-order valence-corrected chi connectivity index (χ1v) is 6.12. The van der Waals surface area contributed by atoms with E-state index in [1.807, 2.05) is 18.4 Å². The van der Waals surface area contributed by atoms with E-state index in [-0.39, 0.29) is 0 Å². The van der Waals surface area contributed by atoms with Crippen LogP contribution in [0.15, 0.2) is 22.5 Å². The second-order valence-electron chi connectivity index (χ2n) is 2.75. The van der Waals surface area contributed by atoms with Crippen molar-refractivity contribution in [3.63, 3.8) is 0 Å². The number of rotatable bonds is 5. The zero-order valence-corrected chi connectivity index (χ0v) is 10.2. The van der Waals surface area contributed by atoms with E-state index < -0.39 is 0 Å². The maximum atomic E-state index is 8.08. The second kappa shape index (κ2) is 7.11. The summed E-state index contributed by atoms with van der Waals surface area (Å²) >= 11 is 7.39. The molecule has 0 atom stereocenters. The Balaban J connectivity index is 2.63. The summed E-state index contributed by atoms with van der Waals surface area (Å²) in [7, 11) is 0. The molecular formula is C9H10ClN5S. The van der Waals surface area contributed by atoms with Crippen LogP contribution in [0.25, 0.3) is 16.5 Å². The second-order valence-corrected chi connectivity index (χ2v) is 3.88. The molecule has 16 heavy (non-hydrogen) atoms. The lowest BCUT2D eigenvalue weighted by atomic mass is 10.3. The highest BCUT2D eigenvalue weighted by molar-refractivity contribution is 7.98. The minimum atomic E-state index is 0.430. The minimum Gasteiger partial charge on any atom is -0.230 e. The van der Waals surface area contributed by atoms with Crippen molar-refractivity contribution in [2.45, 2.75) is 11.6 Å². The van der Waals surface area contributed by atoms with Crippen LogP contribution in [0.3, 0.4) is 0 Å². The lowest BCUT2D eigenvalue weighted by Gasteiger charge is -1.98. The van der Waals surface area contributed by atoms with Crippen molar-refractivity contribution in [3.8, 4) is 0 Å². The van der Waals surface area contributed by atoms with Gasteiger partial charge in [0.05, 0.1) is 0 Å². The molecule has 0 bridgehead atoms. The molecule has 0 radical (unpaired) electrons. The van der Waals surface area contributed by atoms with Crippen LogP contribution >= 0.6 is 23.4 Å². The molecule has 0 N–H and O–H groups in total. The Morgan fingerprint density at radius 3 is 3.12 bits per heavy atom. The summed E-state index contributed by atoms with van der Waals surface area (Å²) < 4.78 is 0. The summed E-state index contributed by atoms with van der Waals surface area (Å²) in [6, 6.07) is 0. The van der Waals surface area contributed by atoms with Gasteiger partial charge in [0.15, 0.2) is 5.16 Å².